The molecule has 0 aliphatic carbocycles. The minimum absolute atomic E-state index is 0.0451. The molecule has 0 aliphatic heterocycles. The van der Waals surface area contributed by atoms with Gasteiger partial charge in [0.2, 0.25) is 6.10 Å². The van der Waals surface area contributed by atoms with Crippen molar-refractivity contribution in [3.8, 4) is 0 Å². The Morgan fingerprint density at radius 3 is 1.65 bits per heavy atom. The molecule has 0 heterocycles. The summed E-state index contributed by atoms with van der Waals surface area (Å²) in [5, 5.41) is 2.69. The highest BCUT2D eigenvalue weighted by molar-refractivity contribution is 4.77. The second kappa shape index (κ2) is 5.90. The Bertz CT molecular complexity index is 211. The van der Waals surface area contributed by atoms with Crippen molar-refractivity contribution in [2.24, 2.45) is 0 Å². The largest absolute Gasteiger partial charge is 0.423 e. The van der Waals surface area contributed by atoms with Crippen LogP contribution in [0.5, 0.6) is 0 Å². The van der Waals surface area contributed by atoms with Crippen molar-refractivity contribution in [1.29, 1.82) is 0 Å². The van der Waals surface area contributed by atoms with Crippen LogP contribution >= 0.6 is 0 Å². The number of ether oxygens (including phenoxy) is 1. The lowest BCUT2D eigenvalue weighted by atomic mass is 10.3. The quantitative estimate of drug-likeness (QED) is 0.773. The van der Waals surface area contributed by atoms with Crippen molar-refractivity contribution in [2.45, 2.75) is 51.4 Å². The van der Waals surface area contributed by atoms with E-state index >= 15 is 0 Å². The van der Waals surface area contributed by atoms with Crippen LogP contribution in [0.3, 0.4) is 0 Å². The van der Waals surface area contributed by atoms with E-state index in [1.807, 2.05) is 0 Å². The lowest BCUT2D eigenvalue weighted by Gasteiger charge is -2.26. The molecule has 0 saturated heterocycles. The number of alkyl halides is 6. The Morgan fingerprint density at radius 2 is 1.35 bits per heavy atom. The van der Waals surface area contributed by atoms with Gasteiger partial charge in [-0.05, 0) is 6.92 Å². The van der Waals surface area contributed by atoms with E-state index in [9.17, 15) is 26.3 Å². The first-order valence-electron chi connectivity index (χ1n) is 4.97. The predicted octanol–water partition coefficient (Wildman–Crippen LogP) is 2.88. The number of hydrogen-bond donors (Lipinski definition) is 1. The molecule has 0 saturated carbocycles. The number of rotatable bonds is 5. The van der Waals surface area contributed by atoms with Gasteiger partial charge in [0.25, 0.3) is 0 Å². The number of halogens is 6. The van der Waals surface area contributed by atoms with Gasteiger partial charge in [-0.2, -0.15) is 26.3 Å². The van der Waals surface area contributed by atoms with Gasteiger partial charge in [0, 0.05) is 12.6 Å². The predicted molar refractivity (Wildman–Crippen MR) is 49.6 cm³/mol. The molecule has 0 aromatic rings. The van der Waals surface area contributed by atoms with Crippen LogP contribution in [-0.4, -0.2) is 37.1 Å². The van der Waals surface area contributed by atoms with E-state index in [2.05, 4.69) is 10.1 Å². The third kappa shape index (κ3) is 6.72. The average molecular weight is 267 g/mol. The van der Waals surface area contributed by atoms with Gasteiger partial charge in [-0.15, -0.1) is 0 Å². The topological polar surface area (TPSA) is 21.3 Å². The van der Waals surface area contributed by atoms with Crippen LogP contribution in [-0.2, 0) is 4.74 Å². The first kappa shape index (κ1) is 16.5. The molecule has 0 aromatic carbocycles. The molecule has 0 aromatic heterocycles. The molecule has 17 heavy (non-hydrogen) atoms. The van der Waals surface area contributed by atoms with E-state index < -0.39 is 24.6 Å². The Hall–Kier alpha value is -0.500. The standard InChI is InChI=1S/C9H15F6NO/c1-5(2)16-4-6(3)17-7(8(10,11)12)9(13,14)15/h5-7,16H,4H2,1-3H3. The lowest BCUT2D eigenvalue weighted by Crippen LogP contribution is -2.47. The van der Waals surface area contributed by atoms with Gasteiger partial charge in [0.05, 0.1) is 6.10 Å². The molecule has 0 amide bonds. The first-order valence-corrected chi connectivity index (χ1v) is 4.97. The number of hydrogen-bond acceptors (Lipinski definition) is 2. The van der Waals surface area contributed by atoms with Gasteiger partial charge in [-0.3, -0.25) is 0 Å². The highest BCUT2D eigenvalue weighted by Crippen LogP contribution is 2.36. The zero-order valence-corrected chi connectivity index (χ0v) is 9.62. The maximum Gasteiger partial charge on any atom is 0.423 e. The van der Waals surface area contributed by atoms with Crippen molar-refractivity contribution < 1.29 is 31.1 Å². The molecule has 1 atom stereocenters. The molecule has 0 spiro atoms. The molecule has 0 radical (unpaired) electrons. The molecule has 0 fully saturated rings. The summed E-state index contributed by atoms with van der Waals surface area (Å²) in [5.41, 5.74) is 0. The maximum atomic E-state index is 12.1. The summed E-state index contributed by atoms with van der Waals surface area (Å²) in [6.07, 6.45) is -15.8. The fourth-order valence-electron chi connectivity index (χ4n) is 1.02. The third-order valence-corrected chi connectivity index (χ3v) is 1.78. The van der Waals surface area contributed by atoms with Gasteiger partial charge in [0.1, 0.15) is 0 Å². The van der Waals surface area contributed by atoms with E-state index in [4.69, 9.17) is 0 Å². The fraction of sp³-hybridized carbons (Fsp3) is 1.00. The Labute approximate surface area is 95.3 Å². The molecule has 1 unspecified atom stereocenters. The van der Waals surface area contributed by atoms with Gasteiger partial charge >= 0.3 is 12.4 Å². The van der Waals surface area contributed by atoms with E-state index in [1.54, 1.807) is 13.8 Å². The SMILES string of the molecule is CC(C)NCC(C)OC(C(F)(F)F)C(F)(F)F. The van der Waals surface area contributed by atoms with E-state index in [1.165, 1.54) is 0 Å². The molecule has 0 rings (SSSR count). The first-order chi connectivity index (χ1) is 7.44. The van der Waals surface area contributed by atoms with E-state index in [-0.39, 0.29) is 12.6 Å². The zero-order valence-electron chi connectivity index (χ0n) is 9.62. The number of nitrogens with one attached hydrogen (secondary N) is 1. The maximum absolute atomic E-state index is 12.1. The average Bonchev–Trinajstić information content (AvgIpc) is 2.07. The highest BCUT2D eigenvalue weighted by Gasteiger charge is 2.58. The molecule has 2 nitrogen and oxygen atoms in total. The molecule has 8 heteroatoms. The normalized spacial score (nSPS) is 15.7. The highest BCUT2D eigenvalue weighted by atomic mass is 19.4. The molecule has 0 bridgehead atoms. The summed E-state index contributed by atoms with van der Waals surface area (Å²) in [6.45, 7) is 4.51. The van der Waals surface area contributed by atoms with Gasteiger partial charge in [0.15, 0.2) is 0 Å². The van der Waals surface area contributed by atoms with Crippen molar-refractivity contribution >= 4 is 0 Å². The molecular formula is C9H15F6NO. The minimum atomic E-state index is -5.45. The third-order valence-electron chi connectivity index (χ3n) is 1.78. The van der Waals surface area contributed by atoms with Gasteiger partial charge in [-0.25, -0.2) is 0 Å². The van der Waals surface area contributed by atoms with Crippen molar-refractivity contribution in [2.75, 3.05) is 6.54 Å². The fourth-order valence-corrected chi connectivity index (χ4v) is 1.02. The Kier molecular flexibility index (Phi) is 5.73. The minimum Gasteiger partial charge on any atom is -0.357 e. The van der Waals surface area contributed by atoms with Crippen LogP contribution in [0.25, 0.3) is 0 Å². The Balaban J connectivity index is 4.46. The summed E-state index contributed by atoms with van der Waals surface area (Å²) in [5.74, 6) is 0. The van der Waals surface area contributed by atoms with Crippen LogP contribution in [0, 0.1) is 0 Å². The summed E-state index contributed by atoms with van der Waals surface area (Å²) >= 11 is 0. The molecule has 104 valence electrons. The second-order valence-corrected chi connectivity index (χ2v) is 3.97. The summed E-state index contributed by atoms with van der Waals surface area (Å²) in [4.78, 5) is 0. The van der Waals surface area contributed by atoms with Crippen LogP contribution in [0.1, 0.15) is 20.8 Å². The van der Waals surface area contributed by atoms with Crippen LogP contribution < -0.4 is 5.32 Å². The molecule has 0 aliphatic rings. The van der Waals surface area contributed by atoms with E-state index in [0.29, 0.717) is 0 Å². The van der Waals surface area contributed by atoms with Crippen LogP contribution in [0.15, 0.2) is 0 Å². The van der Waals surface area contributed by atoms with Gasteiger partial charge in [-0.1, -0.05) is 13.8 Å². The smallest absolute Gasteiger partial charge is 0.357 e. The summed E-state index contributed by atoms with van der Waals surface area (Å²) < 4.78 is 76.7. The van der Waals surface area contributed by atoms with Crippen molar-refractivity contribution in [3.63, 3.8) is 0 Å². The summed E-state index contributed by atoms with van der Waals surface area (Å²) in [6, 6.07) is -0.0451. The van der Waals surface area contributed by atoms with Crippen LogP contribution in [0.4, 0.5) is 26.3 Å². The zero-order chi connectivity index (χ0) is 13.9. The molecule has 1 N–H and O–H groups in total. The Morgan fingerprint density at radius 1 is 0.941 bits per heavy atom. The van der Waals surface area contributed by atoms with Crippen molar-refractivity contribution in [3.05, 3.63) is 0 Å². The molecular weight excluding hydrogens is 252 g/mol. The second-order valence-electron chi connectivity index (χ2n) is 3.97. The monoisotopic (exact) mass is 267 g/mol. The van der Waals surface area contributed by atoms with Crippen LogP contribution in [0.2, 0.25) is 0 Å². The van der Waals surface area contributed by atoms with Crippen molar-refractivity contribution in [1.82, 2.24) is 5.32 Å². The lowest BCUT2D eigenvalue weighted by molar-refractivity contribution is -0.329. The summed E-state index contributed by atoms with van der Waals surface area (Å²) in [7, 11) is 0. The van der Waals surface area contributed by atoms with Gasteiger partial charge < -0.3 is 10.1 Å². The van der Waals surface area contributed by atoms with E-state index in [0.717, 1.165) is 6.92 Å².